The number of phenols is 1. The second kappa shape index (κ2) is 22.3. The second-order valence-corrected chi connectivity index (χ2v) is 16.5. The van der Waals surface area contributed by atoms with Gasteiger partial charge in [0.1, 0.15) is 35.1 Å². The number of carbonyl (C=O) groups is 4. The highest BCUT2D eigenvalue weighted by molar-refractivity contribution is 5.91. The number of alkyl carbamates (subject to hydrolysis) is 2. The van der Waals surface area contributed by atoms with E-state index in [0.717, 1.165) is 22.3 Å². The normalized spacial score (nSPS) is 13.0. The standard InChI is InChI=1S/C42H63N9O8/c1-26-23-29(52)24-27(2)30(26)19-20-32(47-35(53)31(18-14-22-45-38(43)44)49-40(56)58-42(6,7)8)36(54)48-33(17-12-13-21-46-39(55)57-41(3,4)5)37-50-34(51-59-37)25-28-15-10-9-11-16-28/h9-11,15-16,23-24,31-33,52H,12-14,17-22,25H2,1-8H3,(H,46,55)(H,47,53)(H,48,54)(H,49,56)(H4,43,44,45)/t31-,32+,33+/m0/s1. The molecule has 0 aliphatic heterocycles. The molecule has 17 nitrogen and oxygen atoms in total. The third-order valence-corrected chi connectivity index (χ3v) is 8.88. The van der Waals surface area contributed by atoms with Crippen molar-refractivity contribution >= 4 is 30.0 Å². The van der Waals surface area contributed by atoms with Gasteiger partial charge in [-0.1, -0.05) is 35.5 Å². The van der Waals surface area contributed by atoms with E-state index in [1.165, 1.54) is 0 Å². The first kappa shape index (κ1) is 47.5. The highest BCUT2D eigenvalue weighted by Crippen LogP contribution is 2.24. The number of benzene rings is 2. The van der Waals surface area contributed by atoms with Crippen molar-refractivity contribution in [2.24, 2.45) is 5.73 Å². The number of guanidine groups is 1. The lowest BCUT2D eigenvalue weighted by molar-refractivity contribution is -0.130. The van der Waals surface area contributed by atoms with Crippen molar-refractivity contribution in [1.82, 2.24) is 36.7 Å². The van der Waals surface area contributed by atoms with Gasteiger partial charge in [0.05, 0.1) is 0 Å². The molecule has 17 heteroatoms. The summed E-state index contributed by atoms with van der Waals surface area (Å²) in [6, 6.07) is 9.96. The number of aromatic nitrogens is 2. The number of ether oxygens (including phenoxy) is 2. The number of amides is 4. The van der Waals surface area contributed by atoms with E-state index in [9.17, 15) is 24.3 Å². The van der Waals surface area contributed by atoms with Gasteiger partial charge in [-0.2, -0.15) is 4.98 Å². The molecule has 1 aromatic heterocycles. The molecule has 3 atom stereocenters. The molecule has 324 valence electrons. The Morgan fingerprint density at radius 3 is 2.02 bits per heavy atom. The minimum Gasteiger partial charge on any atom is -0.508 e. The molecule has 4 amide bonds. The van der Waals surface area contributed by atoms with Crippen LogP contribution in [0, 0.1) is 19.3 Å². The van der Waals surface area contributed by atoms with Crippen molar-refractivity contribution in [3.63, 3.8) is 0 Å². The molecule has 0 fully saturated rings. The quantitative estimate of drug-likeness (QED) is 0.0421. The maximum atomic E-state index is 14.4. The van der Waals surface area contributed by atoms with E-state index in [2.05, 4.69) is 36.7 Å². The Hall–Kier alpha value is -5.87. The molecular formula is C42H63N9O8. The topological polar surface area (TPSA) is 256 Å². The van der Waals surface area contributed by atoms with Crippen LogP contribution in [0.3, 0.4) is 0 Å². The first-order valence-corrected chi connectivity index (χ1v) is 20.0. The van der Waals surface area contributed by atoms with Crippen LogP contribution < -0.4 is 32.3 Å². The van der Waals surface area contributed by atoms with Crippen LogP contribution in [-0.2, 0) is 31.9 Å². The van der Waals surface area contributed by atoms with Gasteiger partial charge in [0, 0.05) is 19.5 Å². The predicted octanol–water partition coefficient (Wildman–Crippen LogP) is 5.11. The van der Waals surface area contributed by atoms with E-state index >= 15 is 0 Å². The van der Waals surface area contributed by atoms with Gasteiger partial charge in [-0.25, -0.2) is 9.59 Å². The molecule has 9 N–H and O–H groups in total. The van der Waals surface area contributed by atoms with E-state index in [-0.39, 0.29) is 37.0 Å². The highest BCUT2D eigenvalue weighted by atomic mass is 16.6. The van der Waals surface area contributed by atoms with Gasteiger partial charge < -0.3 is 51.4 Å². The smallest absolute Gasteiger partial charge is 0.408 e. The summed E-state index contributed by atoms with van der Waals surface area (Å²) in [6.45, 7) is 14.8. The van der Waals surface area contributed by atoms with Crippen LogP contribution in [0.15, 0.2) is 47.0 Å². The van der Waals surface area contributed by atoms with Crippen molar-refractivity contribution in [3.05, 3.63) is 76.4 Å². The summed E-state index contributed by atoms with van der Waals surface area (Å²) in [6.07, 6.45) is 1.53. The Labute approximate surface area is 346 Å². The van der Waals surface area contributed by atoms with Gasteiger partial charge in [0.2, 0.25) is 17.7 Å². The van der Waals surface area contributed by atoms with Crippen LogP contribution in [0.25, 0.3) is 0 Å². The monoisotopic (exact) mass is 821 g/mol. The number of rotatable bonds is 20. The van der Waals surface area contributed by atoms with Crippen LogP contribution in [0.4, 0.5) is 9.59 Å². The molecule has 0 spiro atoms. The molecule has 2 aromatic carbocycles. The van der Waals surface area contributed by atoms with Gasteiger partial charge in [0.25, 0.3) is 0 Å². The maximum absolute atomic E-state index is 14.4. The minimum absolute atomic E-state index is 0.122. The third-order valence-electron chi connectivity index (χ3n) is 8.88. The molecule has 0 radical (unpaired) electrons. The number of aryl methyl sites for hydroxylation is 2. The Kier molecular flexibility index (Phi) is 18.0. The van der Waals surface area contributed by atoms with Crippen LogP contribution in [0.5, 0.6) is 5.75 Å². The van der Waals surface area contributed by atoms with Gasteiger partial charge in [-0.05, 0) is 135 Å². The Bertz CT molecular complexity index is 1830. The number of nitrogens with zero attached hydrogens (tertiary/aromatic N) is 2. The molecule has 0 saturated heterocycles. The molecule has 0 saturated carbocycles. The minimum atomic E-state index is -1.10. The molecule has 3 aromatic rings. The van der Waals surface area contributed by atoms with Gasteiger partial charge in [-0.15, -0.1) is 0 Å². The summed E-state index contributed by atoms with van der Waals surface area (Å²) in [5.41, 5.74) is 7.49. The van der Waals surface area contributed by atoms with E-state index in [4.69, 9.17) is 25.1 Å². The first-order chi connectivity index (χ1) is 27.7. The molecular weight excluding hydrogens is 759 g/mol. The summed E-state index contributed by atoms with van der Waals surface area (Å²) in [7, 11) is 0. The lowest BCUT2D eigenvalue weighted by atomic mass is 9.95. The molecule has 0 aliphatic rings. The van der Waals surface area contributed by atoms with E-state index in [1.54, 1.807) is 53.7 Å². The van der Waals surface area contributed by atoms with Crippen molar-refractivity contribution in [2.75, 3.05) is 13.1 Å². The molecule has 59 heavy (non-hydrogen) atoms. The Balaban J connectivity index is 1.89. The zero-order valence-corrected chi connectivity index (χ0v) is 35.6. The van der Waals surface area contributed by atoms with Gasteiger partial charge >= 0.3 is 12.2 Å². The van der Waals surface area contributed by atoms with Crippen LogP contribution in [0.2, 0.25) is 0 Å². The number of nitrogens with one attached hydrogen (secondary N) is 6. The maximum Gasteiger partial charge on any atom is 0.408 e. The number of phenolic OH excluding ortho intramolecular Hbond substituents is 1. The SMILES string of the molecule is Cc1cc(O)cc(C)c1CC[C@@H](NC(=O)[C@H](CCCNC(=N)N)NC(=O)OC(C)(C)C)C(=O)N[C@H](CCCCNC(=O)OC(C)(C)C)c1nc(Cc2ccccc2)no1. The number of nitrogens with two attached hydrogens (primary N) is 1. The van der Waals surface area contributed by atoms with Crippen molar-refractivity contribution in [2.45, 2.75) is 136 Å². The van der Waals surface area contributed by atoms with Crippen LogP contribution in [0.1, 0.15) is 120 Å². The Morgan fingerprint density at radius 2 is 1.39 bits per heavy atom. The zero-order valence-electron chi connectivity index (χ0n) is 35.6. The van der Waals surface area contributed by atoms with Crippen LogP contribution in [-0.4, -0.2) is 81.6 Å². The lowest BCUT2D eigenvalue weighted by Gasteiger charge is -2.26. The summed E-state index contributed by atoms with van der Waals surface area (Å²) in [5, 5.41) is 35.8. The molecule has 3 rings (SSSR count). The summed E-state index contributed by atoms with van der Waals surface area (Å²) in [4.78, 5) is 58.1. The van der Waals surface area contributed by atoms with Gasteiger partial charge in [-0.3, -0.25) is 15.0 Å². The van der Waals surface area contributed by atoms with E-state index in [0.29, 0.717) is 50.9 Å². The number of carbonyl (C=O) groups excluding carboxylic acids is 4. The summed E-state index contributed by atoms with van der Waals surface area (Å²) >= 11 is 0. The average Bonchev–Trinajstić information content (AvgIpc) is 3.58. The number of aromatic hydroxyl groups is 1. The fourth-order valence-electron chi connectivity index (χ4n) is 6.21. The molecule has 0 aliphatic carbocycles. The molecule has 1 heterocycles. The van der Waals surface area contributed by atoms with Gasteiger partial charge in [0.15, 0.2) is 11.8 Å². The van der Waals surface area contributed by atoms with Crippen molar-refractivity contribution in [3.8, 4) is 5.75 Å². The second-order valence-electron chi connectivity index (χ2n) is 16.5. The largest absolute Gasteiger partial charge is 0.508 e. The molecule has 0 bridgehead atoms. The summed E-state index contributed by atoms with van der Waals surface area (Å²) in [5.74, 6) is -0.647. The number of hydrogen-bond donors (Lipinski definition) is 8. The predicted molar refractivity (Wildman–Crippen MR) is 223 cm³/mol. The first-order valence-electron chi connectivity index (χ1n) is 20.0. The number of unbranched alkanes of at least 4 members (excludes halogenated alkanes) is 1. The number of hydrogen-bond acceptors (Lipinski definition) is 11. The van der Waals surface area contributed by atoms with Crippen LogP contribution >= 0.6 is 0 Å². The van der Waals surface area contributed by atoms with E-state index in [1.807, 2.05) is 44.2 Å². The lowest BCUT2D eigenvalue weighted by Crippen LogP contribution is -2.54. The molecule has 0 unspecified atom stereocenters. The zero-order chi connectivity index (χ0) is 43.8. The fraction of sp³-hybridized carbons (Fsp3) is 0.548. The Morgan fingerprint density at radius 1 is 0.797 bits per heavy atom. The van der Waals surface area contributed by atoms with E-state index < -0.39 is 53.3 Å². The van der Waals surface area contributed by atoms with Crippen molar-refractivity contribution in [1.29, 1.82) is 5.41 Å². The fourth-order valence-corrected chi connectivity index (χ4v) is 6.21. The highest BCUT2D eigenvalue weighted by Gasteiger charge is 2.31. The van der Waals surface area contributed by atoms with Crippen molar-refractivity contribution < 1.29 is 38.3 Å². The third kappa shape index (κ3) is 18.1. The summed E-state index contributed by atoms with van der Waals surface area (Å²) < 4.78 is 16.5. The average molecular weight is 822 g/mol.